The molecule has 40 heavy (non-hydrogen) atoms. The molecule has 0 radical (unpaired) electrons. The van der Waals surface area contributed by atoms with Gasteiger partial charge in [0.15, 0.2) is 0 Å². The Balaban J connectivity index is 1.47. The minimum Gasteiger partial charge on any atom is -0.444 e. The van der Waals surface area contributed by atoms with Gasteiger partial charge in [-0.25, -0.2) is 4.79 Å². The van der Waals surface area contributed by atoms with Gasteiger partial charge in [-0.05, 0) is 83.8 Å². The predicted molar refractivity (Wildman–Crippen MR) is 149 cm³/mol. The number of rotatable bonds is 5. The highest BCUT2D eigenvalue weighted by Gasteiger charge is 2.45. The lowest BCUT2D eigenvalue weighted by Gasteiger charge is -2.37. The van der Waals surface area contributed by atoms with Crippen LogP contribution in [0.25, 0.3) is 0 Å². The van der Waals surface area contributed by atoms with Gasteiger partial charge in [0.2, 0.25) is 17.7 Å². The molecule has 220 valence electrons. The van der Waals surface area contributed by atoms with Crippen molar-refractivity contribution < 1.29 is 29.0 Å². The minimum absolute atomic E-state index is 0.0427. The van der Waals surface area contributed by atoms with Crippen molar-refractivity contribution in [3.05, 3.63) is 35.4 Å². The zero-order valence-electron chi connectivity index (χ0n) is 24.3. The molecule has 4 rings (SSSR count). The van der Waals surface area contributed by atoms with Crippen LogP contribution in [0, 0.1) is 0 Å². The highest BCUT2D eigenvalue weighted by Crippen LogP contribution is 2.34. The summed E-state index contributed by atoms with van der Waals surface area (Å²) in [4.78, 5) is 56.0. The first-order chi connectivity index (χ1) is 18.9. The molecule has 1 aromatic carbocycles. The molecule has 0 spiro atoms. The maximum atomic E-state index is 13.9. The van der Waals surface area contributed by atoms with Crippen LogP contribution in [-0.4, -0.2) is 81.6 Å². The van der Waals surface area contributed by atoms with E-state index in [1.807, 2.05) is 12.1 Å². The van der Waals surface area contributed by atoms with Crippen LogP contribution in [0.15, 0.2) is 24.3 Å². The third-order valence-corrected chi connectivity index (χ3v) is 8.34. The molecule has 6 atom stereocenters. The molecule has 1 unspecified atom stereocenters. The highest BCUT2D eigenvalue weighted by molar-refractivity contribution is 5.94. The average molecular weight is 557 g/mol. The molecule has 2 heterocycles. The van der Waals surface area contributed by atoms with Crippen LogP contribution in [-0.2, 0) is 25.5 Å². The smallest absolute Gasteiger partial charge is 0.410 e. The van der Waals surface area contributed by atoms with E-state index in [0.29, 0.717) is 25.7 Å². The second kappa shape index (κ2) is 12.2. The summed E-state index contributed by atoms with van der Waals surface area (Å²) in [5, 5.41) is 16.6. The van der Waals surface area contributed by atoms with E-state index in [2.05, 4.69) is 22.8 Å². The van der Waals surface area contributed by atoms with Crippen molar-refractivity contribution in [2.45, 2.75) is 121 Å². The lowest BCUT2D eigenvalue weighted by atomic mass is 9.87. The SMILES string of the molecule is C[C@@H](C(=O)N[C@H]1CC(O)CC[C@H]2CC[C@@H](C(=O)N[C@@H]3CCCc4ccccc43)N2C1=O)N(C)C(=O)OC(C)(C)C. The molecule has 2 aliphatic heterocycles. The molecule has 2 fully saturated rings. The molecule has 10 nitrogen and oxygen atoms in total. The van der Waals surface area contributed by atoms with Gasteiger partial charge in [0.05, 0.1) is 12.1 Å². The third-order valence-electron chi connectivity index (χ3n) is 8.34. The Labute approximate surface area is 236 Å². The van der Waals surface area contributed by atoms with E-state index in [1.54, 1.807) is 32.6 Å². The van der Waals surface area contributed by atoms with Gasteiger partial charge in [0.1, 0.15) is 23.7 Å². The van der Waals surface area contributed by atoms with Crippen molar-refractivity contribution in [3.63, 3.8) is 0 Å². The Bertz CT molecular complexity index is 1120. The number of likely N-dealkylation sites (N-methyl/N-ethyl adjacent to an activating group) is 1. The maximum Gasteiger partial charge on any atom is 0.410 e. The second-order valence-corrected chi connectivity index (χ2v) is 12.4. The molecule has 3 aliphatic rings. The number of carbonyl (C=O) groups is 4. The quantitative estimate of drug-likeness (QED) is 0.512. The van der Waals surface area contributed by atoms with E-state index in [0.717, 1.165) is 24.8 Å². The van der Waals surface area contributed by atoms with Gasteiger partial charge < -0.3 is 25.4 Å². The average Bonchev–Trinajstić information content (AvgIpc) is 3.32. The van der Waals surface area contributed by atoms with Gasteiger partial charge >= 0.3 is 6.09 Å². The summed E-state index contributed by atoms with van der Waals surface area (Å²) in [6.45, 7) is 6.78. The van der Waals surface area contributed by atoms with Crippen molar-refractivity contribution >= 4 is 23.8 Å². The number of aliphatic hydroxyl groups is 1. The molecule has 0 aromatic heterocycles. The molecular formula is C30H44N4O6. The number of aryl methyl sites for hydroxylation is 1. The zero-order valence-corrected chi connectivity index (χ0v) is 24.3. The van der Waals surface area contributed by atoms with Crippen molar-refractivity contribution in [3.8, 4) is 0 Å². The lowest BCUT2D eigenvalue weighted by molar-refractivity contribution is -0.146. The van der Waals surface area contributed by atoms with E-state index in [4.69, 9.17) is 4.74 Å². The number of fused-ring (bicyclic) bond motifs is 2. The van der Waals surface area contributed by atoms with Crippen LogP contribution in [0.2, 0.25) is 0 Å². The molecule has 0 saturated carbocycles. The van der Waals surface area contributed by atoms with Crippen LogP contribution in [0.1, 0.15) is 89.8 Å². The summed E-state index contributed by atoms with van der Waals surface area (Å²) in [5.74, 6) is -1.08. The van der Waals surface area contributed by atoms with Crippen LogP contribution >= 0.6 is 0 Å². The molecule has 10 heteroatoms. The first kappa shape index (κ1) is 29.8. The van der Waals surface area contributed by atoms with Gasteiger partial charge in [-0.3, -0.25) is 19.3 Å². The van der Waals surface area contributed by atoms with E-state index in [1.165, 1.54) is 17.5 Å². The number of carbonyl (C=O) groups excluding carboxylic acids is 4. The Morgan fingerprint density at radius 1 is 1.05 bits per heavy atom. The number of hydrogen-bond donors (Lipinski definition) is 3. The first-order valence-corrected chi connectivity index (χ1v) is 14.5. The second-order valence-electron chi connectivity index (χ2n) is 12.4. The summed E-state index contributed by atoms with van der Waals surface area (Å²) in [5.41, 5.74) is 1.65. The van der Waals surface area contributed by atoms with Gasteiger partial charge in [-0.15, -0.1) is 0 Å². The largest absolute Gasteiger partial charge is 0.444 e. The molecule has 4 amide bonds. The van der Waals surface area contributed by atoms with Gasteiger partial charge in [-0.1, -0.05) is 24.3 Å². The number of ether oxygens (including phenoxy) is 1. The molecule has 1 aliphatic carbocycles. The highest BCUT2D eigenvalue weighted by atomic mass is 16.6. The van der Waals surface area contributed by atoms with Crippen LogP contribution < -0.4 is 10.6 Å². The first-order valence-electron chi connectivity index (χ1n) is 14.5. The number of amides is 4. The summed E-state index contributed by atoms with van der Waals surface area (Å²) >= 11 is 0. The lowest BCUT2D eigenvalue weighted by Crippen LogP contribution is -2.59. The monoisotopic (exact) mass is 556 g/mol. The summed E-state index contributed by atoms with van der Waals surface area (Å²) < 4.78 is 5.36. The Morgan fingerprint density at radius 3 is 2.48 bits per heavy atom. The van der Waals surface area contributed by atoms with Gasteiger partial charge in [-0.2, -0.15) is 0 Å². The Hall–Kier alpha value is -3.14. The minimum atomic E-state index is -1.01. The van der Waals surface area contributed by atoms with E-state index in [-0.39, 0.29) is 30.3 Å². The summed E-state index contributed by atoms with van der Waals surface area (Å²) in [7, 11) is 1.47. The summed E-state index contributed by atoms with van der Waals surface area (Å²) in [6, 6.07) is 5.31. The fourth-order valence-corrected chi connectivity index (χ4v) is 6.07. The number of aliphatic hydroxyl groups excluding tert-OH is 1. The normalized spacial score (nSPS) is 27.4. The number of hydrogen-bond acceptors (Lipinski definition) is 6. The standard InChI is InChI=1S/C30H44N4O6/c1-18(33(5)29(39)40-30(2,3)4)26(36)32-24-17-21(35)15-13-20-14-16-25(34(20)28(24)38)27(37)31-23-12-8-10-19-9-6-7-11-22(19)23/h6-7,9,11,18,20-21,23-25,35H,8,10,12-17H2,1-5H3,(H,31,37)(H,32,36)/t18-,20-,21?,23+,24-,25-/m0/s1. The fraction of sp³-hybridized carbons (Fsp3) is 0.667. The van der Waals surface area contributed by atoms with Crippen LogP contribution in [0.3, 0.4) is 0 Å². The van der Waals surface area contributed by atoms with Gasteiger partial charge in [0.25, 0.3) is 0 Å². The third kappa shape index (κ3) is 6.77. The Morgan fingerprint density at radius 2 is 1.75 bits per heavy atom. The van der Waals surface area contributed by atoms with E-state index < -0.39 is 41.8 Å². The van der Waals surface area contributed by atoms with Crippen molar-refractivity contribution in [2.75, 3.05) is 7.05 Å². The molecule has 1 aromatic rings. The van der Waals surface area contributed by atoms with Crippen LogP contribution in [0.5, 0.6) is 0 Å². The fourth-order valence-electron chi connectivity index (χ4n) is 6.07. The van der Waals surface area contributed by atoms with Crippen molar-refractivity contribution in [2.24, 2.45) is 0 Å². The summed E-state index contributed by atoms with van der Waals surface area (Å²) in [6.07, 6.45) is 3.72. The van der Waals surface area contributed by atoms with Crippen molar-refractivity contribution in [1.29, 1.82) is 0 Å². The predicted octanol–water partition coefficient (Wildman–Crippen LogP) is 2.82. The maximum absolute atomic E-state index is 13.9. The van der Waals surface area contributed by atoms with E-state index >= 15 is 0 Å². The van der Waals surface area contributed by atoms with Crippen molar-refractivity contribution in [1.82, 2.24) is 20.4 Å². The molecule has 0 bridgehead atoms. The Kier molecular flexibility index (Phi) is 9.07. The molecule has 3 N–H and O–H groups in total. The zero-order chi connectivity index (χ0) is 29.2. The van der Waals surface area contributed by atoms with Gasteiger partial charge in [0, 0.05) is 19.5 Å². The molecule has 2 saturated heterocycles. The topological polar surface area (TPSA) is 128 Å². The number of nitrogens with one attached hydrogen (secondary N) is 2. The number of benzene rings is 1. The van der Waals surface area contributed by atoms with E-state index in [9.17, 15) is 24.3 Å². The number of nitrogens with zero attached hydrogens (tertiary/aromatic N) is 2. The van der Waals surface area contributed by atoms with Crippen LogP contribution in [0.4, 0.5) is 4.79 Å². The molecular weight excluding hydrogens is 512 g/mol.